The number of hydrogen-bond acceptors (Lipinski definition) is 9. The Balaban J connectivity index is 1.39. The molecule has 2 aliphatic rings. The van der Waals surface area contributed by atoms with Crippen molar-refractivity contribution >= 4 is 39.2 Å². The van der Waals surface area contributed by atoms with Crippen LogP contribution in [0.2, 0.25) is 0 Å². The minimum atomic E-state index is -4.29. The second-order valence-electron chi connectivity index (χ2n) is 7.22. The van der Waals surface area contributed by atoms with Crippen molar-refractivity contribution in [3.05, 3.63) is 58.6 Å². The number of cyclic esters (lactones) is 1. The van der Waals surface area contributed by atoms with Crippen LogP contribution in [0, 0.1) is 10.1 Å². The lowest BCUT2D eigenvalue weighted by molar-refractivity contribution is -0.385. The van der Waals surface area contributed by atoms with Crippen LogP contribution < -0.4 is 9.80 Å². The summed E-state index contributed by atoms with van der Waals surface area (Å²) in [6.45, 7) is 0.475. The Hall–Kier alpha value is -3.55. The largest absolute Gasteiger partial charge is 0.441 e. The predicted molar refractivity (Wildman–Crippen MR) is 113 cm³/mol. The van der Waals surface area contributed by atoms with Gasteiger partial charge >= 0.3 is 6.09 Å². The molecule has 2 saturated heterocycles. The summed E-state index contributed by atoms with van der Waals surface area (Å²) in [7, 11) is -4.29. The van der Waals surface area contributed by atoms with Gasteiger partial charge in [0.2, 0.25) is 0 Å². The summed E-state index contributed by atoms with van der Waals surface area (Å²) in [5.41, 5.74) is 0.788. The van der Waals surface area contributed by atoms with Crippen molar-refractivity contribution < 1.29 is 36.6 Å². The summed E-state index contributed by atoms with van der Waals surface area (Å²) in [5.74, 6) is -0.156. The fraction of sp³-hybridized carbons (Fsp3) is 0.300. The molecule has 0 aliphatic carbocycles. The Morgan fingerprint density at radius 3 is 2.45 bits per heavy atom. The van der Waals surface area contributed by atoms with Gasteiger partial charge in [-0.05, 0) is 30.3 Å². The smallest absolute Gasteiger partial charge is 0.414 e. The van der Waals surface area contributed by atoms with E-state index in [-0.39, 0.29) is 29.6 Å². The maximum absolute atomic E-state index is 12.4. The molecule has 13 heteroatoms. The van der Waals surface area contributed by atoms with Crippen LogP contribution in [0.1, 0.15) is 0 Å². The lowest BCUT2D eigenvalue weighted by Gasteiger charge is -2.27. The first-order valence-corrected chi connectivity index (χ1v) is 11.3. The highest BCUT2D eigenvalue weighted by Crippen LogP contribution is 2.26. The number of nitro benzene ring substituents is 1. The first-order chi connectivity index (χ1) is 15.7. The maximum atomic E-state index is 12.4. The first-order valence-electron chi connectivity index (χ1n) is 9.85. The molecule has 2 aliphatic heterocycles. The summed E-state index contributed by atoms with van der Waals surface area (Å²) in [6.07, 6.45) is -1.54. The molecule has 2 amide bonds. The average Bonchev–Trinajstić information content (AvgIpc) is 3.19. The summed E-state index contributed by atoms with van der Waals surface area (Å²) in [4.78, 5) is 36.9. The van der Waals surface area contributed by atoms with Gasteiger partial charge in [-0.15, -0.1) is 0 Å². The van der Waals surface area contributed by atoms with Gasteiger partial charge in [-0.2, -0.15) is 8.42 Å². The van der Waals surface area contributed by atoms with Crippen molar-refractivity contribution in [3.8, 4) is 0 Å². The van der Waals surface area contributed by atoms with E-state index in [0.717, 1.165) is 12.1 Å². The minimum absolute atomic E-state index is 0.0150. The number of morpholine rings is 1. The number of benzene rings is 2. The van der Waals surface area contributed by atoms with E-state index in [9.17, 15) is 28.1 Å². The zero-order chi connectivity index (χ0) is 23.6. The number of non-ortho nitro benzene ring substituents is 1. The molecule has 0 bridgehead atoms. The van der Waals surface area contributed by atoms with Crippen molar-refractivity contribution in [2.75, 3.05) is 42.7 Å². The number of carbonyl (C=O) groups is 2. The second-order valence-corrected chi connectivity index (χ2v) is 8.84. The van der Waals surface area contributed by atoms with Gasteiger partial charge < -0.3 is 14.4 Å². The number of hydrogen-bond donors (Lipinski definition) is 0. The normalized spacial score (nSPS) is 19.0. The molecule has 0 radical (unpaired) electrons. The van der Waals surface area contributed by atoms with Crippen LogP contribution in [-0.2, 0) is 28.6 Å². The van der Waals surface area contributed by atoms with E-state index >= 15 is 0 Å². The van der Waals surface area contributed by atoms with Crippen molar-refractivity contribution in [3.63, 3.8) is 0 Å². The molecule has 0 N–H and O–H groups in total. The van der Waals surface area contributed by atoms with Gasteiger partial charge in [-0.3, -0.25) is 24.0 Å². The zero-order valence-electron chi connectivity index (χ0n) is 17.2. The van der Waals surface area contributed by atoms with Crippen LogP contribution >= 0.6 is 0 Å². The topological polar surface area (TPSA) is 146 Å². The number of rotatable bonds is 7. The van der Waals surface area contributed by atoms with Crippen LogP contribution in [0.3, 0.4) is 0 Å². The molecule has 174 valence electrons. The summed E-state index contributed by atoms with van der Waals surface area (Å²) >= 11 is 0. The molecule has 4 rings (SSSR count). The molecule has 2 heterocycles. The number of amides is 2. The van der Waals surface area contributed by atoms with E-state index in [4.69, 9.17) is 13.7 Å². The highest BCUT2D eigenvalue weighted by molar-refractivity contribution is 7.86. The van der Waals surface area contributed by atoms with E-state index in [0.29, 0.717) is 24.5 Å². The van der Waals surface area contributed by atoms with Crippen LogP contribution in [0.15, 0.2) is 53.4 Å². The average molecular weight is 477 g/mol. The van der Waals surface area contributed by atoms with E-state index in [1.807, 2.05) is 0 Å². The molecule has 0 aromatic heterocycles. The van der Waals surface area contributed by atoms with Crippen LogP contribution in [0.25, 0.3) is 0 Å². The lowest BCUT2D eigenvalue weighted by atomic mass is 10.2. The quantitative estimate of drug-likeness (QED) is 0.330. The highest BCUT2D eigenvalue weighted by Gasteiger charge is 2.34. The molecule has 1 atom stereocenters. The molecule has 2 fully saturated rings. The SMILES string of the molecule is O=C1COCCN1c1ccc(N2C[C@H](COS(=O)(=O)c3cccc([N+](=O)[O-])c3)OC2=O)cc1. The number of anilines is 2. The first kappa shape index (κ1) is 22.6. The van der Waals surface area contributed by atoms with E-state index in [1.54, 1.807) is 29.2 Å². The Kier molecular flexibility index (Phi) is 6.26. The second kappa shape index (κ2) is 9.13. The van der Waals surface area contributed by atoms with Gasteiger partial charge in [-0.25, -0.2) is 4.79 Å². The zero-order valence-corrected chi connectivity index (χ0v) is 18.0. The van der Waals surface area contributed by atoms with Gasteiger partial charge in [0.15, 0.2) is 0 Å². The van der Waals surface area contributed by atoms with Crippen LogP contribution in [0.4, 0.5) is 21.9 Å². The minimum Gasteiger partial charge on any atom is -0.441 e. The summed E-state index contributed by atoms with van der Waals surface area (Å²) < 4.78 is 40.0. The Morgan fingerprint density at radius 1 is 1.09 bits per heavy atom. The molecule has 0 spiro atoms. The molecule has 2 aromatic rings. The van der Waals surface area contributed by atoms with Crippen LogP contribution in [0.5, 0.6) is 0 Å². The predicted octanol–water partition coefficient (Wildman–Crippen LogP) is 1.69. The van der Waals surface area contributed by atoms with Crippen LogP contribution in [-0.4, -0.2) is 64.4 Å². The molecule has 12 nitrogen and oxygen atoms in total. The molecule has 0 saturated carbocycles. The summed E-state index contributed by atoms with van der Waals surface area (Å²) in [6, 6.07) is 11.2. The van der Waals surface area contributed by atoms with E-state index in [1.165, 1.54) is 17.0 Å². The molecule has 0 unspecified atom stereocenters. The Labute approximate surface area is 188 Å². The summed E-state index contributed by atoms with van der Waals surface area (Å²) in [5, 5.41) is 10.9. The van der Waals surface area contributed by atoms with Crippen molar-refractivity contribution in [2.45, 2.75) is 11.0 Å². The van der Waals surface area contributed by atoms with Gasteiger partial charge in [0.25, 0.3) is 21.7 Å². The van der Waals surface area contributed by atoms with Gasteiger partial charge in [0.1, 0.15) is 24.2 Å². The Morgan fingerprint density at radius 2 is 1.79 bits per heavy atom. The number of carbonyl (C=O) groups excluding carboxylic acids is 2. The Bertz CT molecular complexity index is 1180. The van der Waals surface area contributed by atoms with E-state index in [2.05, 4.69) is 0 Å². The van der Waals surface area contributed by atoms with Gasteiger partial charge in [0, 0.05) is 30.1 Å². The van der Waals surface area contributed by atoms with Gasteiger partial charge in [-0.1, -0.05) is 6.07 Å². The highest BCUT2D eigenvalue weighted by atomic mass is 32.2. The molecule has 2 aromatic carbocycles. The molecule has 33 heavy (non-hydrogen) atoms. The van der Waals surface area contributed by atoms with Crippen molar-refractivity contribution in [1.29, 1.82) is 0 Å². The third-order valence-corrected chi connectivity index (χ3v) is 6.34. The number of nitro groups is 1. The van der Waals surface area contributed by atoms with Gasteiger partial charge in [0.05, 0.1) is 18.1 Å². The molecular weight excluding hydrogens is 458 g/mol. The van der Waals surface area contributed by atoms with Crippen molar-refractivity contribution in [2.24, 2.45) is 0 Å². The fourth-order valence-electron chi connectivity index (χ4n) is 3.41. The standard InChI is InChI=1S/C20H19N3O9S/c24-19-13-30-9-8-21(19)14-4-6-15(7-5-14)22-11-17(32-20(22)25)12-31-33(28,29)18-3-1-2-16(10-18)23(26)27/h1-7,10,17H,8-9,11-13H2/t17-/m1/s1. The number of ether oxygens (including phenoxy) is 2. The third kappa shape index (κ3) is 4.94. The van der Waals surface area contributed by atoms with E-state index < -0.39 is 33.8 Å². The monoisotopic (exact) mass is 477 g/mol. The maximum Gasteiger partial charge on any atom is 0.414 e. The fourth-order valence-corrected chi connectivity index (χ4v) is 4.39. The van der Waals surface area contributed by atoms with Crippen molar-refractivity contribution in [1.82, 2.24) is 0 Å². The number of nitrogens with zero attached hydrogens (tertiary/aromatic N) is 3. The molecular formula is C20H19N3O9S. The lowest BCUT2D eigenvalue weighted by Crippen LogP contribution is -2.41. The third-order valence-electron chi connectivity index (χ3n) is 5.06.